The lowest BCUT2D eigenvalue weighted by Gasteiger charge is -2.60. The summed E-state index contributed by atoms with van der Waals surface area (Å²) in [6, 6.07) is 0. The van der Waals surface area contributed by atoms with Crippen LogP contribution < -0.4 is 5.73 Å². The molecule has 7 atom stereocenters. The molecule has 0 spiro atoms. The van der Waals surface area contributed by atoms with E-state index in [0.29, 0.717) is 23.0 Å². The Labute approximate surface area is 144 Å². The van der Waals surface area contributed by atoms with Crippen LogP contribution in [0.1, 0.15) is 71.6 Å². The second kappa shape index (κ2) is 5.47. The number of rotatable bonds is 1. The number of carbonyl (C=O) groups is 2. The Kier molecular flexibility index (Phi) is 3.74. The van der Waals surface area contributed by atoms with Crippen molar-refractivity contribution in [3.63, 3.8) is 0 Å². The van der Waals surface area contributed by atoms with Gasteiger partial charge in [-0.2, -0.15) is 0 Å². The summed E-state index contributed by atoms with van der Waals surface area (Å²) in [7, 11) is 0. The minimum Gasteiger partial charge on any atom is -0.446 e. The molecular formula is C20H31NO3. The fourth-order valence-electron chi connectivity index (χ4n) is 7.33. The molecule has 1 amide bonds. The quantitative estimate of drug-likeness (QED) is 0.786. The maximum absolute atomic E-state index is 11.9. The number of ether oxygens (including phenoxy) is 1. The highest BCUT2D eigenvalue weighted by Gasteiger charge is 2.61. The second-order valence-electron chi connectivity index (χ2n) is 9.45. The molecule has 4 aliphatic carbocycles. The minimum atomic E-state index is -0.620. The molecule has 4 rings (SSSR count). The molecule has 0 aromatic carbocycles. The van der Waals surface area contributed by atoms with Crippen LogP contribution in [0.2, 0.25) is 0 Å². The number of ketones is 1. The Balaban J connectivity index is 1.58. The molecule has 0 heterocycles. The average molecular weight is 333 g/mol. The van der Waals surface area contributed by atoms with Crippen molar-refractivity contribution >= 4 is 11.9 Å². The molecule has 24 heavy (non-hydrogen) atoms. The van der Waals surface area contributed by atoms with Crippen molar-refractivity contribution < 1.29 is 14.3 Å². The van der Waals surface area contributed by atoms with Gasteiger partial charge in [-0.1, -0.05) is 13.8 Å². The zero-order valence-electron chi connectivity index (χ0n) is 15.1. The van der Waals surface area contributed by atoms with Crippen molar-refractivity contribution in [2.75, 3.05) is 0 Å². The molecule has 2 N–H and O–H groups in total. The predicted octanol–water partition coefficient (Wildman–Crippen LogP) is 4.06. The lowest BCUT2D eigenvalue weighted by atomic mass is 9.45. The number of fused-ring (bicyclic) bond motifs is 5. The number of amides is 1. The van der Waals surface area contributed by atoms with Crippen LogP contribution in [0.25, 0.3) is 0 Å². The van der Waals surface area contributed by atoms with E-state index in [2.05, 4.69) is 13.8 Å². The van der Waals surface area contributed by atoms with Gasteiger partial charge in [0, 0.05) is 18.3 Å². The number of carbonyl (C=O) groups excluding carboxylic acids is 2. The van der Waals surface area contributed by atoms with E-state index < -0.39 is 6.09 Å². The third-order valence-corrected chi connectivity index (χ3v) is 8.65. The van der Waals surface area contributed by atoms with Gasteiger partial charge >= 0.3 is 6.09 Å². The van der Waals surface area contributed by atoms with Crippen LogP contribution in [0.15, 0.2) is 0 Å². The van der Waals surface area contributed by atoms with E-state index in [9.17, 15) is 9.59 Å². The number of nitrogens with two attached hydrogens (primary N) is 1. The molecule has 4 heteroatoms. The lowest BCUT2D eigenvalue weighted by Crippen LogP contribution is -2.54. The summed E-state index contributed by atoms with van der Waals surface area (Å²) in [6.07, 6.45) is 9.00. The van der Waals surface area contributed by atoms with Gasteiger partial charge in [0.15, 0.2) is 0 Å². The number of hydrogen-bond acceptors (Lipinski definition) is 3. The third kappa shape index (κ3) is 2.24. The Morgan fingerprint density at radius 1 is 1.04 bits per heavy atom. The van der Waals surface area contributed by atoms with Crippen molar-refractivity contribution in [3.8, 4) is 0 Å². The van der Waals surface area contributed by atoms with Crippen LogP contribution in [0.3, 0.4) is 0 Å². The van der Waals surface area contributed by atoms with Crippen LogP contribution >= 0.6 is 0 Å². The fourth-order valence-corrected chi connectivity index (χ4v) is 7.33. The average Bonchev–Trinajstić information content (AvgIpc) is 2.84. The van der Waals surface area contributed by atoms with Gasteiger partial charge < -0.3 is 10.5 Å². The Hall–Kier alpha value is -1.06. The third-order valence-electron chi connectivity index (χ3n) is 8.65. The van der Waals surface area contributed by atoms with Crippen LogP contribution in [-0.4, -0.2) is 18.0 Å². The molecule has 0 radical (unpaired) electrons. The van der Waals surface area contributed by atoms with E-state index >= 15 is 0 Å². The SMILES string of the molecule is C[C@]12CCC(=O)CC1CCC1C2CC[C@@]2(C)C1CC[C@@H]2OC(N)=O. The molecular weight excluding hydrogens is 302 g/mol. The first-order valence-corrected chi connectivity index (χ1v) is 9.82. The molecule has 4 aliphatic rings. The summed E-state index contributed by atoms with van der Waals surface area (Å²) in [5.74, 6) is 3.21. The molecule has 0 aromatic rings. The van der Waals surface area contributed by atoms with E-state index in [1.54, 1.807) is 0 Å². The molecule has 4 saturated carbocycles. The Morgan fingerprint density at radius 2 is 1.79 bits per heavy atom. The molecule has 0 aliphatic heterocycles. The summed E-state index contributed by atoms with van der Waals surface area (Å²) < 4.78 is 5.50. The minimum absolute atomic E-state index is 0.000543. The Morgan fingerprint density at radius 3 is 2.54 bits per heavy atom. The summed E-state index contributed by atoms with van der Waals surface area (Å²) in [6.45, 7) is 4.79. The van der Waals surface area contributed by atoms with E-state index in [0.717, 1.165) is 50.4 Å². The van der Waals surface area contributed by atoms with Gasteiger partial charge in [0.1, 0.15) is 11.9 Å². The highest BCUT2D eigenvalue weighted by Crippen LogP contribution is 2.66. The molecule has 4 nitrogen and oxygen atoms in total. The standard InChI is InChI=1S/C20H31NO3/c1-19-9-7-13(22)11-12(19)3-4-14-15-5-6-17(24-18(21)23)20(15,2)10-8-16(14)19/h12,14-17H,3-11H2,1-2H3,(H2,21,23)/t12?,14?,15?,16?,17-,19-,20-/m0/s1. The van der Waals surface area contributed by atoms with Gasteiger partial charge in [-0.05, 0) is 74.0 Å². The van der Waals surface area contributed by atoms with Crippen LogP contribution in [0.4, 0.5) is 4.79 Å². The van der Waals surface area contributed by atoms with Gasteiger partial charge in [-0.25, -0.2) is 4.79 Å². The van der Waals surface area contributed by atoms with Crippen LogP contribution in [0, 0.1) is 34.5 Å². The first-order chi connectivity index (χ1) is 11.3. The first-order valence-electron chi connectivity index (χ1n) is 9.82. The lowest BCUT2D eigenvalue weighted by molar-refractivity contribution is -0.141. The summed E-state index contributed by atoms with van der Waals surface area (Å²) in [5, 5.41) is 0. The molecule has 0 aromatic heterocycles. The number of Topliss-reactive ketones (excluding diaryl/α,β-unsaturated/α-hetero) is 1. The monoisotopic (exact) mass is 333 g/mol. The van der Waals surface area contributed by atoms with Gasteiger partial charge in [0.2, 0.25) is 0 Å². The van der Waals surface area contributed by atoms with Crippen molar-refractivity contribution in [1.29, 1.82) is 0 Å². The highest BCUT2D eigenvalue weighted by molar-refractivity contribution is 5.79. The van der Waals surface area contributed by atoms with Crippen molar-refractivity contribution in [2.45, 2.75) is 77.7 Å². The Bertz CT molecular complexity index is 561. The zero-order valence-corrected chi connectivity index (χ0v) is 15.1. The predicted molar refractivity (Wildman–Crippen MR) is 91.2 cm³/mol. The second-order valence-corrected chi connectivity index (χ2v) is 9.45. The van der Waals surface area contributed by atoms with Crippen molar-refractivity contribution in [2.24, 2.45) is 40.2 Å². The van der Waals surface area contributed by atoms with Crippen LogP contribution in [0.5, 0.6) is 0 Å². The summed E-state index contributed by atoms with van der Waals surface area (Å²) in [4.78, 5) is 23.2. The molecule has 134 valence electrons. The normalized spacial score (nSPS) is 50.6. The summed E-state index contributed by atoms with van der Waals surface area (Å²) in [5.41, 5.74) is 5.76. The molecule has 0 saturated heterocycles. The summed E-state index contributed by atoms with van der Waals surface area (Å²) >= 11 is 0. The molecule has 4 fully saturated rings. The van der Waals surface area contributed by atoms with Gasteiger partial charge in [0.25, 0.3) is 0 Å². The number of primary amides is 1. The van der Waals surface area contributed by atoms with Gasteiger partial charge in [-0.15, -0.1) is 0 Å². The smallest absolute Gasteiger partial charge is 0.404 e. The van der Waals surface area contributed by atoms with E-state index in [4.69, 9.17) is 10.5 Å². The van der Waals surface area contributed by atoms with Gasteiger partial charge in [-0.3, -0.25) is 4.79 Å². The molecule has 0 bridgehead atoms. The maximum atomic E-state index is 11.9. The van der Waals surface area contributed by atoms with E-state index in [1.807, 2.05) is 0 Å². The van der Waals surface area contributed by atoms with Crippen molar-refractivity contribution in [3.05, 3.63) is 0 Å². The maximum Gasteiger partial charge on any atom is 0.404 e. The van der Waals surface area contributed by atoms with E-state index in [-0.39, 0.29) is 11.5 Å². The zero-order chi connectivity index (χ0) is 17.1. The van der Waals surface area contributed by atoms with Crippen LogP contribution in [-0.2, 0) is 9.53 Å². The fraction of sp³-hybridized carbons (Fsp3) is 0.900. The molecule has 4 unspecified atom stereocenters. The van der Waals surface area contributed by atoms with Crippen molar-refractivity contribution in [1.82, 2.24) is 0 Å². The highest BCUT2D eigenvalue weighted by atomic mass is 16.6. The van der Waals surface area contributed by atoms with Gasteiger partial charge in [0.05, 0.1) is 0 Å². The van der Waals surface area contributed by atoms with E-state index in [1.165, 1.54) is 19.3 Å². The first kappa shape index (κ1) is 16.4. The largest absolute Gasteiger partial charge is 0.446 e. The topological polar surface area (TPSA) is 69.4 Å². The number of hydrogen-bond donors (Lipinski definition) is 1.